The summed E-state index contributed by atoms with van der Waals surface area (Å²) < 4.78 is 31.1. The van der Waals surface area contributed by atoms with Crippen molar-refractivity contribution in [1.29, 1.82) is 0 Å². The number of allylic oxidation sites excluding steroid dienone is 4. The molecule has 0 saturated heterocycles. The van der Waals surface area contributed by atoms with E-state index >= 15 is 0 Å². The highest BCUT2D eigenvalue weighted by molar-refractivity contribution is 7.86. The van der Waals surface area contributed by atoms with Crippen LogP contribution in [0, 0.1) is 28.6 Å². The number of carbonyl (C=O) groups is 3. The Bertz CT molecular complexity index is 1900. The summed E-state index contributed by atoms with van der Waals surface area (Å²) in [5.41, 5.74) is -1.70. The van der Waals surface area contributed by atoms with Gasteiger partial charge in [-0.15, -0.1) is 0 Å². The monoisotopic (exact) mass is 692 g/mol. The van der Waals surface area contributed by atoms with E-state index in [1.807, 2.05) is 19.9 Å². The van der Waals surface area contributed by atoms with Crippen molar-refractivity contribution >= 4 is 39.0 Å². The van der Waals surface area contributed by atoms with E-state index in [0.717, 1.165) is 11.6 Å². The maximum absolute atomic E-state index is 13.6. The van der Waals surface area contributed by atoms with Gasteiger partial charge < -0.3 is 20.4 Å². The van der Waals surface area contributed by atoms with Crippen LogP contribution in [-0.2, 0) is 30.3 Å². The first-order chi connectivity index (χ1) is 23.1. The number of azo groups is 1. The Morgan fingerprint density at radius 3 is 2.61 bits per heavy atom. The number of aliphatic hydroxyl groups excluding tert-OH is 1. The van der Waals surface area contributed by atoms with E-state index in [1.165, 1.54) is 12.1 Å². The summed E-state index contributed by atoms with van der Waals surface area (Å²) in [5, 5.41) is 50.6. The quantitative estimate of drug-likeness (QED) is 0.150. The molecule has 4 N–H and O–H groups in total. The molecule has 0 aromatic heterocycles. The van der Waals surface area contributed by atoms with Crippen LogP contribution < -0.4 is 0 Å². The van der Waals surface area contributed by atoms with Crippen molar-refractivity contribution in [2.45, 2.75) is 64.1 Å². The number of hydrogen-bond acceptors (Lipinski definition) is 11. The summed E-state index contributed by atoms with van der Waals surface area (Å²) in [4.78, 5) is 37.1. The number of hydrogen-bond donors (Lipinski definition) is 4. The van der Waals surface area contributed by atoms with Crippen molar-refractivity contribution in [2.24, 2.45) is 38.8 Å². The van der Waals surface area contributed by atoms with Crippen molar-refractivity contribution in [3.63, 3.8) is 0 Å². The molecule has 4 aliphatic carbocycles. The van der Waals surface area contributed by atoms with Gasteiger partial charge in [-0.25, -0.2) is 4.79 Å². The number of rotatable bonds is 10. The second kappa shape index (κ2) is 12.7. The van der Waals surface area contributed by atoms with Crippen molar-refractivity contribution in [3.05, 3.63) is 77.4 Å². The lowest BCUT2D eigenvalue weighted by molar-refractivity contribution is -0.176. The normalized spacial score (nSPS) is 32.3. The molecule has 0 heterocycles. The van der Waals surface area contributed by atoms with Crippen molar-refractivity contribution in [3.8, 4) is 5.75 Å². The van der Waals surface area contributed by atoms with E-state index in [1.54, 1.807) is 30.3 Å². The third-order valence-electron chi connectivity index (χ3n) is 11.5. The predicted octanol–water partition coefficient (Wildman–Crippen LogP) is 4.97. The van der Waals surface area contributed by atoms with Gasteiger partial charge in [0.05, 0.1) is 23.2 Å². The molecule has 2 saturated carbocycles. The SMILES string of the molecule is CC12C=CC(=O)CC1=CCC1C2C(O)CC2(C)C1CCC2(O)C(=O)COS(=O)(=O)CCc1ccccc1N=Nc1ccc(O)c(C(=O)O)c1. The smallest absolute Gasteiger partial charge is 0.339 e. The molecular formula is C36H40N2O10S. The highest BCUT2D eigenvalue weighted by Gasteiger charge is 2.67. The minimum absolute atomic E-state index is 0.0303. The first-order valence-electron chi connectivity index (χ1n) is 16.4. The minimum atomic E-state index is -4.23. The van der Waals surface area contributed by atoms with Gasteiger partial charge in [0.15, 0.2) is 11.6 Å². The molecule has 49 heavy (non-hydrogen) atoms. The highest BCUT2D eigenvalue weighted by atomic mass is 32.2. The maximum atomic E-state index is 13.6. The van der Waals surface area contributed by atoms with E-state index in [4.69, 9.17) is 4.18 Å². The average molecular weight is 693 g/mol. The first kappa shape index (κ1) is 34.8. The standard InChI is InChI=1S/C36H40N2O10S/c1-34-14-11-24(39)17-22(34)7-9-25-27-12-15-36(45,35(27,2)19-30(41)32(25)34)31(42)20-48-49(46,47)16-13-21-5-3-4-6-28(21)38-37-23-8-10-29(40)26(18-23)33(43)44/h3-8,10-11,14,18,25,27,30,32,40-41,45H,9,12-13,15-17,19-20H2,1-2H3,(H,43,44). The lowest BCUT2D eigenvalue weighted by atomic mass is 9.47. The van der Waals surface area contributed by atoms with E-state index in [0.29, 0.717) is 30.5 Å². The van der Waals surface area contributed by atoms with Crippen molar-refractivity contribution in [1.82, 2.24) is 0 Å². The summed E-state index contributed by atoms with van der Waals surface area (Å²) in [6.07, 6.45) is 6.46. The third-order valence-corrected chi connectivity index (χ3v) is 12.7. The molecule has 0 bridgehead atoms. The number of ketones is 2. The number of carboxylic acid groups (broad SMARTS) is 1. The fraction of sp³-hybridized carbons (Fsp3) is 0.472. The number of aryl methyl sites for hydroxylation is 1. The van der Waals surface area contributed by atoms with Gasteiger partial charge >= 0.3 is 5.97 Å². The van der Waals surface area contributed by atoms with Gasteiger partial charge in [0.25, 0.3) is 10.1 Å². The molecule has 4 aliphatic rings. The average Bonchev–Trinajstić information content (AvgIpc) is 3.33. The zero-order valence-electron chi connectivity index (χ0n) is 27.3. The van der Waals surface area contributed by atoms with Crippen molar-refractivity contribution < 1.29 is 47.4 Å². The Morgan fingerprint density at radius 1 is 1.10 bits per heavy atom. The van der Waals surface area contributed by atoms with E-state index in [9.17, 15) is 43.2 Å². The molecule has 7 unspecified atom stereocenters. The molecule has 2 fully saturated rings. The van der Waals surface area contributed by atoms with E-state index < -0.39 is 62.5 Å². The lowest BCUT2D eigenvalue weighted by Gasteiger charge is -2.58. The van der Waals surface area contributed by atoms with Gasteiger partial charge in [0, 0.05) is 23.2 Å². The second-order valence-corrected chi connectivity index (χ2v) is 15.9. The van der Waals surface area contributed by atoms with Crippen LogP contribution in [0.1, 0.15) is 61.9 Å². The van der Waals surface area contributed by atoms with Gasteiger partial charge in [-0.05, 0) is 79.8 Å². The molecule has 7 atom stereocenters. The van der Waals surface area contributed by atoms with Crippen LogP contribution in [0.2, 0.25) is 0 Å². The number of carboxylic acids is 1. The number of aliphatic hydroxyl groups is 2. The van der Waals surface area contributed by atoms with Gasteiger partial charge in [0.2, 0.25) is 0 Å². The molecule has 12 nitrogen and oxygen atoms in total. The summed E-state index contributed by atoms with van der Waals surface area (Å²) in [5.74, 6) is -3.24. The minimum Gasteiger partial charge on any atom is -0.507 e. The number of benzene rings is 2. The number of phenols is 1. The van der Waals surface area contributed by atoms with Crippen LogP contribution in [0.4, 0.5) is 11.4 Å². The van der Waals surface area contributed by atoms with Gasteiger partial charge in [-0.1, -0.05) is 49.8 Å². The summed E-state index contributed by atoms with van der Waals surface area (Å²) in [6.45, 7) is 3.01. The van der Waals surface area contributed by atoms with Crippen LogP contribution in [0.15, 0.2) is 76.5 Å². The third kappa shape index (κ3) is 6.17. The topological polar surface area (TPSA) is 200 Å². The summed E-state index contributed by atoms with van der Waals surface area (Å²) in [6, 6.07) is 10.4. The summed E-state index contributed by atoms with van der Waals surface area (Å²) >= 11 is 0. The highest BCUT2D eigenvalue weighted by Crippen LogP contribution is 2.66. The van der Waals surface area contributed by atoms with Crippen LogP contribution in [0.3, 0.4) is 0 Å². The number of Topliss-reactive ketones (excluding diaryl/α,β-unsaturated/α-hetero) is 1. The number of aromatic hydroxyl groups is 1. The molecule has 2 aromatic rings. The maximum Gasteiger partial charge on any atom is 0.339 e. The molecule has 0 radical (unpaired) electrons. The molecule has 0 amide bonds. The molecule has 260 valence electrons. The molecule has 0 spiro atoms. The van der Waals surface area contributed by atoms with Crippen LogP contribution in [-0.4, -0.2) is 70.4 Å². The number of carbonyl (C=O) groups excluding carboxylic acids is 2. The van der Waals surface area contributed by atoms with Gasteiger partial charge in [0.1, 0.15) is 23.5 Å². The molecule has 6 rings (SSSR count). The lowest BCUT2D eigenvalue weighted by Crippen LogP contribution is -2.61. The Morgan fingerprint density at radius 2 is 1.86 bits per heavy atom. The predicted molar refractivity (Wildman–Crippen MR) is 177 cm³/mol. The van der Waals surface area contributed by atoms with Gasteiger partial charge in [-0.3, -0.25) is 13.8 Å². The zero-order valence-corrected chi connectivity index (χ0v) is 28.1. The van der Waals surface area contributed by atoms with Crippen molar-refractivity contribution in [2.75, 3.05) is 12.4 Å². The van der Waals surface area contributed by atoms with Crippen LogP contribution in [0.25, 0.3) is 0 Å². The zero-order chi connectivity index (χ0) is 35.4. The molecule has 13 heteroatoms. The second-order valence-electron chi connectivity index (χ2n) is 14.1. The Hall–Kier alpha value is -4.04. The van der Waals surface area contributed by atoms with Crippen LogP contribution >= 0.6 is 0 Å². The largest absolute Gasteiger partial charge is 0.507 e. The van der Waals surface area contributed by atoms with Gasteiger partial charge in [-0.2, -0.15) is 18.6 Å². The Balaban J connectivity index is 1.11. The first-order valence-corrected chi connectivity index (χ1v) is 17.9. The Kier molecular flexibility index (Phi) is 9.01. The molecular weight excluding hydrogens is 652 g/mol. The number of aromatic carboxylic acids is 1. The van der Waals surface area contributed by atoms with E-state index in [2.05, 4.69) is 16.3 Å². The Labute approximate surface area is 284 Å². The van der Waals surface area contributed by atoms with Crippen LogP contribution in [0.5, 0.6) is 5.75 Å². The number of fused-ring (bicyclic) bond motifs is 5. The fourth-order valence-electron chi connectivity index (χ4n) is 8.94. The fourth-order valence-corrected chi connectivity index (χ4v) is 9.82. The van der Waals surface area contributed by atoms with E-state index in [-0.39, 0.29) is 54.1 Å². The summed E-state index contributed by atoms with van der Waals surface area (Å²) in [7, 11) is -4.23. The molecule has 2 aromatic carbocycles. The number of nitrogens with zero attached hydrogens (tertiary/aromatic N) is 2. The molecule has 0 aliphatic heterocycles.